The van der Waals surface area contributed by atoms with Crippen molar-refractivity contribution in [2.45, 2.75) is 62.7 Å². The molecule has 0 aromatic carbocycles. The van der Waals surface area contributed by atoms with Crippen LogP contribution >= 0.6 is 0 Å². The number of hydrogen-bond donors (Lipinski definition) is 1. The van der Waals surface area contributed by atoms with Gasteiger partial charge in [0.1, 0.15) is 5.82 Å². The molecule has 0 radical (unpaired) electrons. The monoisotopic (exact) mass is 423 g/mol. The van der Waals surface area contributed by atoms with Crippen molar-refractivity contribution in [3.8, 4) is 0 Å². The van der Waals surface area contributed by atoms with E-state index in [4.69, 9.17) is 0 Å². The topological polar surface area (TPSA) is 87.5 Å². The molecule has 1 unspecified atom stereocenters. The van der Waals surface area contributed by atoms with Crippen molar-refractivity contribution in [2.75, 3.05) is 36.8 Å². The molecule has 1 N–H and O–H groups in total. The first kappa shape index (κ1) is 20.5. The van der Waals surface area contributed by atoms with Crippen LogP contribution in [0.5, 0.6) is 0 Å². The van der Waals surface area contributed by atoms with Crippen LogP contribution in [0.1, 0.15) is 50.6 Å². The van der Waals surface area contributed by atoms with Crippen LogP contribution in [0.3, 0.4) is 0 Å². The molecular weight excluding hydrogens is 390 g/mol. The number of aromatic nitrogens is 2. The number of carbonyl (C=O) groups excluding carboxylic acids is 1. The van der Waals surface area contributed by atoms with Gasteiger partial charge in [-0.3, -0.25) is 4.68 Å². The van der Waals surface area contributed by atoms with E-state index in [9.17, 15) is 13.2 Å². The highest BCUT2D eigenvalue weighted by Crippen LogP contribution is 2.38. The number of aryl methyl sites for hydroxylation is 2. The lowest BCUT2D eigenvalue weighted by Gasteiger charge is -2.44. The van der Waals surface area contributed by atoms with E-state index in [1.807, 2.05) is 18.7 Å². The third kappa shape index (κ3) is 3.98. The molecule has 1 saturated carbocycles. The van der Waals surface area contributed by atoms with Crippen molar-refractivity contribution >= 4 is 21.7 Å². The van der Waals surface area contributed by atoms with Gasteiger partial charge in [-0.05, 0) is 32.6 Å². The zero-order chi connectivity index (χ0) is 20.6. The molecule has 4 rings (SSSR count). The number of amides is 2. The summed E-state index contributed by atoms with van der Waals surface area (Å²) in [4.78, 5) is 17.0. The maximum Gasteiger partial charge on any atom is 0.317 e. The van der Waals surface area contributed by atoms with Crippen molar-refractivity contribution in [2.24, 2.45) is 7.05 Å². The number of piperidine rings is 1. The molecule has 2 saturated heterocycles. The molecule has 3 fully saturated rings. The molecule has 1 aromatic heterocycles. The van der Waals surface area contributed by atoms with Gasteiger partial charge in [0.2, 0.25) is 0 Å². The summed E-state index contributed by atoms with van der Waals surface area (Å²) >= 11 is 0. The number of anilines is 1. The third-order valence-corrected chi connectivity index (χ3v) is 9.45. The maximum absolute atomic E-state index is 13.0. The number of carbonyl (C=O) groups is 1. The van der Waals surface area contributed by atoms with Crippen LogP contribution in [0.15, 0.2) is 6.07 Å². The highest BCUT2D eigenvalue weighted by molar-refractivity contribution is 7.92. The van der Waals surface area contributed by atoms with Gasteiger partial charge in [0, 0.05) is 45.3 Å². The first-order valence-corrected chi connectivity index (χ1v) is 12.5. The lowest BCUT2D eigenvalue weighted by molar-refractivity contribution is 0.176. The van der Waals surface area contributed by atoms with Crippen LogP contribution in [0.4, 0.5) is 10.6 Å². The Kier molecular flexibility index (Phi) is 5.52. The van der Waals surface area contributed by atoms with E-state index in [2.05, 4.69) is 21.4 Å². The molecule has 29 heavy (non-hydrogen) atoms. The lowest BCUT2D eigenvalue weighted by Crippen LogP contribution is -2.61. The van der Waals surface area contributed by atoms with Gasteiger partial charge in [-0.2, -0.15) is 5.10 Å². The summed E-state index contributed by atoms with van der Waals surface area (Å²) in [5.41, 5.74) is 0.987. The molecular formula is C20H33N5O3S. The normalized spacial score (nSPS) is 26.5. The molecule has 1 aromatic rings. The van der Waals surface area contributed by atoms with Crippen LogP contribution in [-0.4, -0.2) is 71.9 Å². The van der Waals surface area contributed by atoms with Crippen molar-refractivity contribution in [3.05, 3.63) is 11.8 Å². The first-order chi connectivity index (χ1) is 13.8. The summed E-state index contributed by atoms with van der Waals surface area (Å²) in [6, 6.07) is 2.03. The number of rotatable bonds is 2. The minimum Gasteiger partial charge on any atom is -0.355 e. The lowest BCUT2D eigenvalue weighted by atomic mass is 9.87. The molecule has 0 bridgehead atoms. The quantitative estimate of drug-likeness (QED) is 0.784. The zero-order valence-corrected chi connectivity index (χ0v) is 18.4. The van der Waals surface area contributed by atoms with Crippen LogP contribution in [0.2, 0.25) is 0 Å². The zero-order valence-electron chi connectivity index (χ0n) is 17.6. The van der Waals surface area contributed by atoms with E-state index in [0.29, 0.717) is 25.9 Å². The SMILES string of the molecule is Cc1cc(N2CCCC(NC(=O)N3CCS(=O)(=O)C4(CCCCC4)C3)C2)n(C)n1. The Labute approximate surface area is 173 Å². The Bertz CT molecular complexity index is 859. The van der Waals surface area contributed by atoms with E-state index in [1.165, 1.54) is 0 Å². The number of hydrogen-bond acceptors (Lipinski definition) is 5. The number of nitrogens with zero attached hydrogens (tertiary/aromatic N) is 4. The Hall–Kier alpha value is -1.77. The summed E-state index contributed by atoms with van der Waals surface area (Å²) in [5.74, 6) is 1.16. The molecule has 8 nitrogen and oxygen atoms in total. The predicted octanol–water partition coefficient (Wildman–Crippen LogP) is 1.84. The summed E-state index contributed by atoms with van der Waals surface area (Å²) in [7, 11) is -1.19. The fourth-order valence-corrected chi connectivity index (χ4v) is 7.43. The Morgan fingerprint density at radius 1 is 1.21 bits per heavy atom. The van der Waals surface area contributed by atoms with E-state index in [0.717, 1.165) is 56.7 Å². The highest BCUT2D eigenvalue weighted by Gasteiger charge is 2.49. The number of urea groups is 1. The smallest absolute Gasteiger partial charge is 0.317 e. The molecule has 1 spiro atoms. The van der Waals surface area contributed by atoms with Gasteiger partial charge < -0.3 is 15.1 Å². The van der Waals surface area contributed by atoms with E-state index >= 15 is 0 Å². The van der Waals surface area contributed by atoms with Gasteiger partial charge in [0.25, 0.3) is 0 Å². The van der Waals surface area contributed by atoms with Gasteiger partial charge in [-0.25, -0.2) is 13.2 Å². The number of sulfone groups is 1. The Balaban J connectivity index is 1.40. The van der Waals surface area contributed by atoms with Crippen molar-refractivity contribution in [3.63, 3.8) is 0 Å². The predicted molar refractivity (Wildman–Crippen MR) is 113 cm³/mol. The molecule has 2 amide bonds. The second-order valence-electron chi connectivity index (χ2n) is 8.99. The minimum absolute atomic E-state index is 0.0623. The molecule has 9 heteroatoms. The summed E-state index contributed by atoms with van der Waals surface area (Å²) < 4.78 is 26.7. The summed E-state index contributed by atoms with van der Waals surface area (Å²) in [6.45, 7) is 4.34. The Morgan fingerprint density at radius 3 is 2.66 bits per heavy atom. The molecule has 2 aliphatic heterocycles. The minimum atomic E-state index is -3.13. The van der Waals surface area contributed by atoms with Crippen LogP contribution in [-0.2, 0) is 16.9 Å². The average molecular weight is 424 g/mol. The van der Waals surface area contributed by atoms with Gasteiger partial charge in [-0.15, -0.1) is 0 Å². The third-order valence-electron chi connectivity index (χ3n) is 6.87. The second-order valence-corrected chi connectivity index (χ2v) is 11.5. The van der Waals surface area contributed by atoms with Crippen molar-refractivity contribution < 1.29 is 13.2 Å². The standard InChI is InChI=1S/C20H33N5O3S/c1-16-13-18(23(2)22-16)24-10-6-7-17(14-24)21-19(26)25-11-12-29(27,28)20(15-25)8-4-3-5-9-20/h13,17H,3-12,14-15H2,1-2H3,(H,21,26). The van der Waals surface area contributed by atoms with Crippen LogP contribution in [0.25, 0.3) is 0 Å². The second kappa shape index (κ2) is 7.81. The van der Waals surface area contributed by atoms with Gasteiger partial charge in [-0.1, -0.05) is 19.3 Å². The first-order valence-electron chi connectivity index (χ1n) is 10.8. The highest BCUT2D eigenvalue weighted by atomic mass is 32.2. The number of nitrogens with one attached hydrogen (secondary N) is 1. The van der Waals surface area contributed by atoms with Crippen LogP contribution in [0, 0.1) is 6.92 Å². The molecule has 3 heterocycles. The van der Waals surface area contributed by atoms with Crippen molar-refractivity contribution in [1.29, 1.82) is 0 Å². The van der Waals surface area contributed by atoms with Gasteiger partial charge in [0.15, 0.2) is 9.84 Å². The van der Waals surface area contributed by atoms with E-state index in [1.54, 1.807) is 4.90 Å². The molecule has 1 aliphatic carbocycles. The van der Waals surface area contributed by atoms with Crippen molar-refractivity contribution in [1.82, 2.24) is 20.0 Å². The molecule has 3 aliphatic rings. The summed E-state index contributed by atoms with van der Waals surface area (Å²) in [5, 5.41) is 7.61. The molecule has 162 valence electrons. The maximum atomic E-state index is 13.0. The van der Waals surface area contributed by atoms with E-state index in [-0.39, 0.29) is 17.8 Å². The Morgan fingerprint density at radius 2 is 1.97 bits per heavy atom. The molecule has 1 atom stereocenters. The summed E-state index contributed by atoms with van der Waals surface area (Å²) in [6.07, 6.45) is 6.30. The fraction of sp³-hybridized carbons (Fsp3) is 0.800. The van der Waals surface area contributed by atoms with Gasteiger partial charge in [0.05, 0.1) is 16.2 Å². The van der Waals surface area contributed by atoms with E-state index < -0.39 is 14.6 Å². The average Bonchev–Trinajstić information content (AvgIpc) is 3.03. The van der Waals surface area contributed by atoms with Gasteiger partial charge >= 0.3 is 6.03 Å². The largest absolute Gasteiger partial charge is 0.355 e. The van der Waals surface area contributed by atoms with Crippen LogP contribution < -0.4 is 10.2 Å². The fourth-order valence-electron chi connectivity index (χ4n) is 5.27.